The number of ether oxygens (including phenoxy) is 2. The summed E-state index contributed by atoms with van der Waals surface area (Å²) in [7, 11) is 3.22. The second kappa shape index (κ2) is 11.3. The van der Waals surface area contributed by atoms with Gasteiger partial charge in [0.1, 0.15) is 11.5 Å². The van der Waals surface area contributed by atoms with Crippen LogP contribution in [0.25, 0.3) is 16.9 Å². The summed E-state index contributed by atoms with van der Waals surface area (Å²) in [4.78, 5) is 30.2. The molecule has 0 bridgehead atoms. The Balaban J connectivity index is 1.36. The molecule has 1 aliphatic heterocycles. The van der Waals surface area contributed by atoms with Crippen LogP contribution >= 0.6 is 0 Å². The Morgan fingerprint density at radius 2 is 1.46 bits per heavy atom. The van der Waals surface area contributed by atoms with Gasteiger partial charge in [0, 0.05) is 43.1 Å². The van der Waals surface area contributed by atoms with Crippen LogP contribution in [0.15, 0.2) is 84.9 Å². The molecule has 3 amide bonds. The number of amides is 3. The number of hydrogen-bond acceptors (Lipinski definition) is 4. The highest BCUT2D eigenvalue weighted by Crippen LogP contribution is 2.32. The minimum absolute atomic E-state index is 0.0453. The van der Waals surface area contributed by atoms with E-state index in [0.717, 1.165) is 28.4 Å². The first kappa shape index (κ1) is 25.9. The Hall–Kier alpha value is -4.72. The molecule has 1 aromatic heterocycles. The highest BCUT2D eigenvalue weighted by Gasteiger charge is 2.28. The third-order valence-electron chi connectivity index (χ3n) is 7.06. The monoisotopic (exact) mass is 524 g/mol. The van der Waals surface area contributed by atoms with Gasteiger partial charge in [-0.05, 0) is 49.4 Å². The van der Waals surface area contributed by atoms with Crippen molar-refractivity contribution in [1.29, 1.82) is 0 Å². The Labute approximate surface area is 228 Å². The molecule has 0 saturated carbocycles. The molecule has 0 unspecified atom stereocenters. The van der Waals surface area contributed by atoms with Crippen LogP contribution in [-0.4, -0.2) is 66.7 Å². The lowest BCUT2D eigenvalue weighted by Gasteiger charge is -2.34. The van der Waals surface area contributed by atoms with Gasteiger partial charge in [-0.3, -0.25) is 4.79 Å². The Kier molecular flexibility index (Phi) is 7.54. The number of nitrogens with one attached hydrogen (secondary N) is 1. The van der Waals surface area contributed by atoms with Crippen molar-refractivity contribution in [3.8, 4) is 28.4 Å². The van der Waals surface area contributed by atoms with Crippen LogP contribution in [0.5, 0.6) is 11.5 Å². The molecule has 1 aliphatic rings. The zero-order valence-electron chi connectivity index (χ0n) is 22.4. The number of nitrogens with zero attached hydrogens (tertiary/aromatic N) is 3. The Morgan fingerprint density at radius 3 is 2.18 bits per heavy atom. The summed E-state index contributed by atoms with van der Waals surface area (Å²) < 4.78 is 12.9. The van der Waals surface area contributed by atoms with E-state index in [1.807, 2.05) is 84.6 Å². The molecule has 2 heterocycles. The maximum atomic E-state index is 13.8. The fraction of sp³-hybridized carbons (Fsp3) is 0.226. The first-order chi connectivity index (χ1) is 19.0. The smallest absolute Gasteiger partial charge is 0.322 e. The number of urea groups is 1. The SMILES string of the molecule is COc1cccc(-c2cc(C(=O)N3CCN(C(=O)Nc4ccccc4OC)CC3)c(C)n2-c2ccccc2)c1. The lowest BCUT2D eigenvalue weighted by Crippen LogP contribution is -2.51. The quantitative estimate of drug-likeness (QED) is 0.364. The van der Waals surface area contributed by atoms with Crippen LogP contribution in [0.1, 0.15) is 16.1 Å². The van der Waals surface area contributed by atoms with E-state index >= 15 is 0 Å². The molecule has 8 nitrogen and oxygen atoms in total. The normalized spacial score (nSPS) is 13.2. The number of para-hydroxylation sites is 3. The molecule has 1 N–H and O–H groups in total. The molecule has 8 heteroatoms. The number of methoxy groups -OCH3 is 2. The Morgan fingerprint density at radius 1 is 0.769 bits per heavy atom. The number of piperazine rings is 1. The zero-order chi connectivity index (χ0) is 27.4. The lowest BCUT2D eigenvalue weighted by molar-refractivity contribution is 0.0671. The van der Waals surface area contributed by atoms with Gasteiger partial charge in [-0.25, -0.2) is 4.79 Å². The van der Waals surface area contributed by atoms with Gasteiger partial charge in [0.15, 0.2) is 0 Å². The first-order valence-electron chi connectivity index (χ1n) is 12.9. The van der Waals surface area contributed by atoms with Gasteiger partial charge in [0.25, 0.3) is 5.91 Å². The second-order valence-corrected chi connectivity index (χ2v) is 9.34. The molecule has 0 aliphatic carbocycles. The van der Waals surface area contributed by atoms with Crippen molar-refractivity contribution in [2.75, 3.05) is 45.7 Å². The van der Waals surface area contributed by atoms with Crippen LogP contribution in [0.4, 0.5) is 10.5 Å². The van der Waals surface area contributed by atoms with E-state index < -0.39 is 0 Å². The summed E-state index contributed by atoms with van der Waals surface area (Å²) in [6.45, 7) is 3.74. The molecular weight excluding hydrogens is 492 g/mol. The minimum atomic E-state index is -0.210. The summed E-state index contributed by atoms with van der Waals surface area (Å²) in [5.41, 5.74) is 4.97. The van der Waals surface area contributed by atoms with Gasteiger partial charge in [-0.1, -0.05) is 42.5 Å². The van der Waals surface area contributed by atoms with Crippen LogP contribution in [0.2, 0.25) is 0 Å². The van der Waals surface area contributed by atoms with E-state index in [0.29, 0.717) is 43.2 Å². The maximum Gasteiger partial charge on any atom is 0.322 e. The molecule has 4 aromatic rings. The molecule has 0 spiro atoms. The van der Waals surface area contributed by atoms with E-state index in [9.17, 15) is 9.59 Å². The third kappa shape index (κ3) is 5.31. The van der Waals surface area contributed by atoms with Crippen molar-refractivity contribution in [2.24, 2.45) is 0 Å². The molecule has 1 fully saturated rings. The standard InChI is InChI=1S/C31H32N4O4/c1-22-26(21-28(23-10-9-13-25(20-23)38-2)35(22)24-11-5-4-6-12-24)30(36)33-16-18-34(19-17-33)31(37)32-27-14-7-8-15-29(27)39-3/h4-15,20-21H,16-19H2,1-3H3,(H,32,37). The van der Waals surface area contributed by atoms with Gasteiger partial charge in [0.2, 0.25) is 0 Å². The van der Waals surface area contributed by atoms with Crippen LogP contribution < -0.4 is 14.8 Å². The van der Waals surface area contributed by atoms with Crippen molar-refractivity contribution in [3.63, 3.8) is 0 Å². The topological polar surface area (TPSA) is 76.0 Å². The summed E-state index contributed by atoms with van der Waals surface area (Å²) in [5.74, 6) is 1.31. The van der Waals surface area contributed by atoms with Crippen molar-refractivity contribution < 1.29 is 19.1 Å². The van der Waals surface area contributed by atoms with Crippen LogP contribution in [0, 0.1) is 6.92 Å². The Bertz CT molecular complexity index is 1470. The summed E-state index contributed by atoms with van der Waals surface area (Å²) >= 11 is 0. The number of anilines is 1. The number of rotatable bonds is 6. The molecule has 5 rings (SSSR count). The van der Waals surface area contributed by atoms with Crippen molar-refractivity contribution in [2.45, 2.75) is 6.92 Å². The molecule has 3 aromatic carbocycles. The number of carbonyl (C=O) groups is 2. The van der Waals surface area contributed by atoms with E-state index in [1.165, 1.54) is 0 Å². The molecule has 0 atom stereocenters. The number of benzene rings is 3. The highest BCUT2D eigenvalue weighted by atomic mass is 16.5. The van der Waals surface area contributed by atoms with Gasteiger partial charge in [0.05, 0.1) is 31.2 Å². The fourth-order valence-corrected chi connectivity index (χ4v) is 4.95. The van der Waals surface area contributed by atoms with Gasteiger partial charge >= 0.3 is 6.03 Å². The van der Waals surface area contributed by atoms with E-state index in [4.69, 9.17) is 9.47 Å². The lowest BCUT2D eigenvalue weighted by atomic mass is 10.1. The van der Waals surface area contributed by atoms with E-state index in [2.05, 4.69) is 9.88 Å². The zero-order valence-corrected chi connectivity index (χ0v) is 22.4. The van der Waals surface area contributed by atoms with E-state index in [1.54, 1.807) is 31.3 Å². The van der Waals surface area contributed by atoms with Gasteiger partial charge < -0.3 is 29.2 Å². The number of aromatic nitrogens is 1. The summed E-state index contributed by atoms with van der Waals surface area (Å²) in [6, 6.07) is 26.9. The molecule has 1 saturated heterocycles. The highest BCUT2D eigenvalue weighted by molar-refractivity contribution is 5.98. The summed E-state index contributed by atoms with van der Waals surface area (Å²) in [5, 5.41) is 2.92. The predicted octanol–water partition coefficient (Wildman–Crippen LogP) is 5.46. The van der Waals surface area contributed by atoms with Crippen molar-refractivity contribution >= 4 is 17.6 Å². The molecular formula is C31H32N4O4. The maximum absolute atomic E-state index is 13.8. The molecule has 200 valence electrons. The van der Waals surface area contributed by atoms with E-state index in [-0.39, 0.29) is 11.9 Å². The molecule has 39 heavy (non-hydrogen) atoms. The first-order valence-corrected chi connectivity index (χ1v) is 12.9. The van der Waals surface area contributed by atoms with Gasteiger partial charge in [-0.15, -0.1) is 0 Å². The predicted molar refractivity (Wildman–Crippen MR) is 152 cm³/mol. The number of carbonyl (C=O) groups excluding carboxylic acids is 2. The average molecular weight is 525 g/mol. The number of hydrogen-bond donors (Lipinski definition) is 1. The average Bonchev–Trinajstić information content (AvgIpc) is 3.34. The largest absolute Gasteiger partial charge is 0.497 e. The summed E-state index contributed by atoms with van der Waals surface area (Å²) in [6.07, 6.45) is 0. The van der Waals surface area contributed by atoms with Crippen molar-refractivity contribution in [3.05, 3.63) is 96.2 Å². The third-order valence-corrected chi connectivity index (χ3v) is 7.06. The second-order valence-electron chi connectivity index (χ2n) is 9.34. The van der Waals surface area contributed by atoms with Gasteiger partial charge in [-0.2, -0.15) is 0 Å². The minimum Gasteiger partial charge on any atom is -0.497 e. The van der Waals surface area contributed by atoms with Crippen LogP contribution in [-0.2, 0) is 0 Å². The van der Waals surface area contributed by atoms with Crippen molar-refractivity contribution in [1.82, 2.24) is 14.4 Å². The van der Waals surface area contributed by atoms with Crippen LogP contribution in [0.3, 0.4) is 0 Å². The fourth-order valence-electron chi connectivity index (χ4n) is 4.95. The molecule has 0 radical (unpaired) electrons.